The van der Waals surface area contributed by atoms with E-state index in [0.717, 1.165) is 18.6 Å². The third-order valence-electron chi connectivity index (χ3n) is 2.59. The summed E-state index contributed by atoms with van der Waals surface area (Å²) in [6, 6.07) is 10.3. The number of aliphatic imine (C=N–C) groups is 1. The number of aliphatic hydroxyl groups excluding tert-OH is 1. The number of hydrogen-bond donors (Lipinski definition) is 1. The van der Waals surface area contributed by atoms with Crippen molar-refractivity contribution < 1.29 is 5.11 Å². The third-order valence-corrected chi connectivity index (χ3v) is 2.59. The predicted octanol–water partition coefficient (Wildman–Crippen LogP) is 2.34. The molecule has 2 atom stereocenters. The van der Waals surface area contributed by atoms with Gasteiger partial charge in [-0.15, -0.1) is 0 Å². The lowest BCUT2D eigenvalue weighted by atomic mass is 9.95. The lowest BCUT2D eigenvalue weighted by molar-refractivity contribution is 0.157. The summed E-state index contributed by atoms with van der Waals surface area (Å²) in [5.74, 6) is 0. The Bertz CT molecular complexity index is 331. The van der Waals surface area contributed by atoms with Crippen molar-refractivity contribution in [2.75, 3.05) is 0 Å². The number of nitrogens with zero attached hydrogens (tertiary/aromatic N) is 1. The molecule has 2 heteroatoms. The first-order chi connectivity index (χ1) is 6.75. The Kier molecular flexibility index (Phi) is 2.64. The van der Waals surface area contributed by atoms with Crippen molar-refractivity contribution in [3.63, 3.8) is 0 Å². The summed E-state index contributed by atoms with van der Waals surface area (Å²) in [5.41, 5.74) is 2.25. The molecule has 14 heavy (non-hydrogen) atoms. The van der Waals surface area contributed by atoms with Crippen LogP contribution in [0.5, 0.6) is 0 Å². The van der Waals surface area contributed by atoms with E-state index >= 15 is 0 Å². The van der Waals surface area contributed by atoms with E-state index < -0.39 is 0 Å². The van der Waals surface area contributed by atoms with Gasteiger partial charge in [0.1, 0.15) is 0 Å². The van der Waals surface area contributed by atoms with Crippen LogP contribution in [0.1, 0.15) is 31.4 Å². The van der Waals surface area contributed by atoms with Crippen molar-refractivity contribution in [1.29, 1.82) is 0 Å². The summed E-state index contributed by atoms with van der Waals surface area (Å²) in [6.45, 7) is 1.98. The number of hydrogen-bond acceptors (Lipinski definition) is 2. The molecule has 0 spiro atoms. The molecule has 0 saturated carbocycles. The topological polar surface area (TPSA) is 32.6 Å². The molecule has 0 aromatic heterocycles. The van der Waals surface area contributed by atoms with Gasteiger partial charge in [0.15, 0.2) is 0 Å². The van der Waals surface area contributed by atoms with Crippen molar-refractivity contribution in [3.05, 3.63) is 35.9 Å². The highest BCUT2D eigenvalue weighted by molar-refractivity contribution is 5.83. The van der Waals surface area contributed by atoms with Gasteiger partial charge in [0.2, 0.25) is 0 Å². The van der Waals surface area contributed by atoms with Crippen molar-refractivity contribution in [2.45, 2.75) is 31.9 Å². The minimum absolute atomic E-state index is 0.153. The normalized spacial score (nSPS) is 27.1. The average Bonchev–Trinajstić information content (AvgIpc) is 2.18. The third kappa shape index (κ3) is 2.02. The van der Waals surface area contributed by atoms with E-state index in [0.29, 0.717) is 0 Å². The Labute approximate surface area is 84.3 Å². The summed E-state index contributed by atoms with van der Waals surface area (Å²) in [4.78, 5) is 4.56. The summed E-state index contributed by atoms with van der Waals surface area (Å²) in [5, 5.41) is 9.63. The maximum absolute atomic E-state index is 9.63. The molecule has 2 nitrogen and oxygen atoms in total. The molecule has 1 heterocycles. The first-order valence-electron chi connectivity index (χ1n) is 5.02. The minimum atomic E-state index is -0.224. The summed E-state index contributed by atoms with van der Waals surface area (Å²) < 4.78 is 0. The van der Waals surface area contributed by atoms with Crippen LogP contribution in [0.3, 0.4) is 0 Å². The molecule has 1 aliphatic heterocycles. The van der Waals surface area contributed by atoms with Crippen LogP contribution in [0.2, 0.25) is 0 Å². The second-order valence-corrected chi connectivity index (χ2v) is 3.88. The molecule has 0 saturated heterocycles. The molecule has 74 valence electrons. The Morgan fingerprint density at radius 3 is 2.64 bits per heavy atom. The van der Waals surface area contributed by atoms with Crippen LogP contribution >= 0.6 is 0 Å². The molecule has 1 aromatic rings. The largest absolute Gasteiger partial charge is 0.393 e. The Balaban J connectivity index is 2.23. The van der Waals surface area contributed by atoms with Gasteiger partial charge in [0.25, 0.3) is 0 Å². The molecular weight excluding hydrogens is 174 g/mol. The van der Waals surface area contributed by atoms with Crippen LogP contribution in [0.15, 0.2) is 35.3 Å². The first-order valence-corrected chi connectivity index (χ1v) is 5.02. The quantitative estimate of drug-likeness (QED) is 0.722. The zero-order chi connectivity index (χ0) is 9.97. The van der Waals surface area contributed by atoms with Gasteiger partial charge in [0, 0.05) is 18.6 Å². The van der Waals surface area contributed by atoms with Gasteiger partial charge in [0.05, 0.1) is 12.1 Å². The van der Waals surface area contributed by atoms with E-state index in [1.54, 1.807) is 0 Å². The summed E-state index contributed by atoms with van der Waals surface area (Å²) in [7, 11) is 0. The van der Waals surface area contributed by atoms with Gasteiger partial charge < -0.3 is 5.11 Å². The molecule has 0 bridgehead atoms. The van der Waals surface area contributed by atoms with Gasteiger partial charge in [-0.05, 0) is 12.5 Å². The van der Waals surface area contributed by atoms with Crippen molar-refractivity contribution >= 4 is 5.71 Å². The molecule has 1 aromatic carbocycles. The van der Waals surface area contributed by atoms with Crippen LogP contribution in [0, 0.1) is 0 Å². The minimum Gasteiger partial charge on any atom is -0.393 e. The van der Waals surface area contributed by atoms with Crippen molar-refractivity contribution in [1.82, 2.24) is 0 Å². The molecule has 0 aliphatic carbocycles. The van der Waals surface area contributed by atoms with Gasteiger partial charge >= 0.3 is 0 Å². The van der Waals surface area contributed by atoms with E-state index in [-0.39, 0.29) is 12.1 Å². The van der Waals surface area contributed by atoms with E-state index in [9.17, 15) is 5.11 Å². The second kappa shape index (κ2) is 3.93. The molecule has 0 unspecified atom stereocenters. The molecule has 1 N–H and O–H groups in total. The highest BCUT2D eigenvalue weighted by Gasteiger charge is 2.20. The Morgan fingerprint density at radius 2 is 2.00 bits per heavy atom. The molecule has 2 rings (SSSR count). The molecule has 0 fully saturated rings. The molecular formula is C12H15NO. The zero-order valence-corrected chi connectivity index (χ0v) is 8.35. The first kappa shape index (κ1) is 9.41. The van der Waals surface area contributed by atoms with Crippen molar-refractivity contribution in [2.24, 2.45) is 4.99 Å². The number of aliphatic hydroxyl groups is 1. The average molecular weight is 189 g/mol. The van der Waals surface area contributed by atoms with E-state index in [2.05, 4.69) is 17.1 Å². The SMILES string of the molecule is CC1=N[C@@H](c2ccccc2)C[C@H](O)C1. The smallest absolute Gasteiger partial charge is 0.0773 e. The van der Waals surface area contributed by atoms with Crippen LogP contribution in [-0.4, -0.2) is 16.9 Å². The van der Waals surface area contributed by atoms with Crippen LogP contribution in [0.4, 0.5) is 0 Å². The number of benzene rings is 1. The van der Waals surface area contributed by atoms with Gasteiger partial charge in [-0.25, -0.2) is 0 Å². The maximum Gasteiger partial charge on any atom is 0.0773 e. The highest BCUT2D eigenvalue weighted by atomic mass is 16.3. The Hall–Kier alpha value is -1.15. The monoisotopic (exact) mass is 189 g/mol. The van der Waals surface area contributed by atoms with E-state index in [4.69, 9.17) is 0 Å². The van der Waals surface area contributed by atoms with Gasteiger partial charge in [-0.2, -0.15) is 0 Å². The van der Waals surface area contributed by atoms with Crippen molar-refractivity contribution in [3.8, 4) is 0 Å². The molecule has 1 aliphatic rings. The second-order valence-electron chi connectivity index (χ2n) is 3.88. The highest BCUT2D eigenvalue weighted by Crippen LogP contribution is 2.27. The Morgan fingerprint density at radius 1 is 1.29 bits per heavy atom. The van der Waals surface area contributed by atoms with Gasteiger partial charge in [-0.1, -0.05) is 30.3 Å². The lowest BCUT2D eigenvalue weighted by Gasteiger charge is -2.23. The van der Waals surface area contributed by atoms with Gasteiger partial charge in [-0.3, -0.25) is 4.99 Å². The van der Waals surface area contributed by atoms with E-state index in [1.807, 2.05) is 25.1 Å². The lowest BCUT2D eigenvalue weighted by Crippen LogP contribution is -2.20. The fourth-order valence-electron chi connectivity index (χ4n) is 1.94. The van der Waals surface area contributed by atoms with Crippen LogP contribution < -0.4 is 0 Å². The maximum atomic E-state index is 9.63. The summed E-state index contributed by atoms with van der Waals surface area (Å²) >= 11 is 0. The van der Waals surface area contributed by atoms with Crippen LogP contribution in [0.25, 0.3) is 0 Å². The fourth-order valence-corrected chi connectivity index (χ4v) is 1.94. The van der Waals surface area contributed by atoms with E-state index in [1.165, 1.54) is 5.56 Å². The zero-order valence-electron chi connectivity index (χ0n) is 8.35. The summed E-state index contributed by atoms with van der Waals surface area (Å²) in [6.07, 6.45) is 1.25. The molecule has 0 radical (unpaired) electrons. The van der Waals surface area contributed by atoms with Crippen LogP contribution in [-0.2, 0) is 0 Å². The predicted molar refractivity (Wildman–Crippen MR) is 57.5 cm³/mol. The molecule has 0 amide bonds. The standard InChI is InChI=1S/C12H15NO/c1-9-7-11(14)8-12(13-9)10-5-3-2-4-6-10/h2-6,11-12,14H,7-8H2,1H3/t11-,12-/m1/s1. The fraction of sp³-hybridized carbons (Fsp3) is 0.417. The number of rotatable bonds is 1.